The highest BCUT2D eigenvalue weighted by molar-refractivity contribution is 5.95. The third kappa shape index (κ3) is 3.24. The van der Waals surface area contributed by atoms with Crippen LogP contribution in [0.3, 0.4) is 0 Å². The van der Waals surface area contributed by atoms with Crippen molar-refractivity contribution in [2.24, 2.45) is 5.73 Å². The average molecular weight is 222 g/mol. The van der Waals surface area contributed by atoms with E-state index >= 15 is 0 Å². The topological polar surface area (TPSA) is 64.3 Å². The van der Waals surface area contributed by atoms with Crippen molar-refractivity contribution in [1.82, 2.24) is 0 Å². The van der Waals surface area contributed by atoms with Gasteiger partial charge in [0.1, 0.15) is 5.75 Å². The summed E-state index contributed by atoms with van der Waals surface area (Å²) in [5, 5.41) is 2.73. The van der Waals surface area contributed by atoms with Crippen LogP contribution in [0.5, 0.6) is 5.75 Å². The van der Waals surface area contributed by atoms with Gasteiger partial charge in [0.05, 0.1) is 18.3 Å². The lowest BCUT2D eigenvalue weighted by atomic mass is 10.2. The Labute approximate surface area is 95.8 Å². The molecule has 4 nitrogen and oxygen atoms in total. The van der Waals surface area contributed by atoms with Gasteiger partial charge in [-0.1, -0.05) is 6.07 Å². The highest BCUT2D eigenvalue weighted by Crippen LogP contribution is 2.25. The zero-order valence-corrected chi connectivity index (χ0v) is 9.91. The number of aryl methyl sites for hydroxylation is 1. The van der Waals surface area contributed by atoms with Crippen LogP contribution in [0.1, 0.15) is 19.4 Å². The van der Waals surface area contributed by atoms with Crippen LogP contribution in [-0.4, -0.2) is 18.6 Å². The Balaban J connectivity index is 2.90. The maximum Gasteiger partial charge on any atom is 0.241 e. The molecule has 0 spiro atoms. The van der Waals surface area contributed by atoms with Crippen molar-refractivity contribution in [2.45, 2.75) is 26.8 Å². The number of carbonyl (C=O) groups is 1. The number of amides is 1. The van der Waals surface area contributed by atoms with Crippen LogP contribution in [-0.2, 0) is 4.79 Å². The predicted molar refractivity (Wildman–Crippen MR) is 64.6 cm³/mol. The van der Waals surface area contributed by atoms with Gasteiger partial charge in [0.2, 0.25) is 5.91 Å². The molecular weight excluding hydrogens is 204 g/mol. The Morgan fingerprint density at radius 1 is 1.56 bits per heavy atom. The molecule has 0 saturated heterocycles. The number of carbonyl (C=O) groups excluding carboxylic acids is 1. The van der Waals surface area contributed by atoms with Crippen LogP contribution < -0.4 is 15.8 Å². The number of ether oxygens (including phenoxy) is 1. The minimum atomic E-state index is -0.532. The molecule has 0 aliphatic carbocycles. The van der Waals surface area contributed by atoms with Crippen molar-refractivity contribution >= 4 is 11.6 Å². The molecule has 3 N–H and O–H groups in total. The lowest BCUT2D eigenvalue weighted by molar-refractivity contribution is -0.117. The second-order valence-corrected chi connectivity index (χ2v) is 3.71. The number of nitrogens with one attached hydrogen (secondary N) is 1. The average Bonchev–Trinajstić information content (AvgIpc) is 2.22. The van der Waals surface area contributed by atoms with Crippen LogP contribution in [0, 0.1) is 6.92 Å². The largest absolute Gasteiger partial charge is 0.492 e. The van der Waals surface area contributed by atoms with E-state index in [9.17, 15) is 4.79 Å². The van der Waals surface area contributed by atoms with Gasteiger partial charge in [0.15, 0.2) is 0 Å². The number of benzene rings is 1. The Hall–Kier alpha value is -1.55. The molecule has 1 atom stereocenters. The molecule has 1 aromatic carbocycles. The second-order valence-electron chi connectivity index (χ2n) is 3.71. The Bertz CT molecular complexity index is 375. The molecule has 0 radical (unpaired) electrons. The summed E-state index contributed by atoms with van der Waals surface area (Å²) in [6.45, 7) is 6.08. The molecule has 1 rings (SSSR count). The van der Waals surface area contributed by atoms with Crippen LogP contribution in [0.2, 0.25) is 0 Å². The van der Waals surface area contributed by atoms with E-state index in [0.29, 0.717) is 18.0 Å². The smallest absolute Gasteiger partial charge is 0.241 e. The highest BCUT2D eigenvalue weighted by Gasteiger charge is 2.11. The molecule has 0 aromatic heterocycles. The molecule has 0 bridgehead atoms. The minimum absolute atomic E-state index is 0.218. The monoisotopic (exact) mass is 222 g/mol. The van der Waals surface area contributed by atoms with Crippen molar-refractivity contribution < 1.29 is 9.53 Å². The van der Waals surface area contributed by atoms with Crippen molar-refractivity contribution in [3.8, 4) is 5.75 Å². The quantitative estimate of drug-likeness (QED) is 0.814. The number of hydrogen-bond acceptors (Lipinski definition) is 3. The minimum Gasteiger partial charge on any atom is -0.492 e. The van der Waals surface area contributed by atoms with Gasteiger partial charge in [-0.05, 0) is 38.5 Å². The molecule has 88 valence electrons. The molecule has 4 heteroatoms. The Morgan fingerprint density at radius 2 is 2.25 bits per heavy atom. The van der Waals surface area contributed by atoms with Crippen molar-refractivity contribution in [3.05, 3.63) is 23.8 Å². The summed E-state index contributed by atoms with van der Waals surface area (Å²) in [5.74, 6) is 0.460. The van der Waals surface area contributed by atoms with E-state index in [1.807, 2.05) is 32.0 Å². The first kappa shape index (κ1) is 12.5. The van der Waals surface area contributed by atoms with Crippen LogP contribution in [0.4, 0.5) is 5.69 Å². The molecule has 16 heavy (non-hydrogen) atoms. The van der Waals surface area contributed by atoms with E-state index < -0.39 is 6.04 Å². The first-order chi connectivity index (χ1) is 7.54. The van der Waals surface area contributed by atoms with E-state index in [0.717, 1.165) is 5.56 Å². The van der Waals surface area contributed by atoms with Gasteiger partial charge in [-0.15, -0.1) is 0 Å². The molecule has 1 aromatic rings. The van der Waals surface area contributed by atoms with E-state index in [1.54, 1.807) is 6.92 Å². The number of hydrogen-bond donors (Lipinski definition) is 2. The van der Waals surface area contributed by atoms with Crippen molar-refractivity contribution in [3.63, 3.8) is 0 Å². The maximum absolute atomic E-state index is 11.5. The summed E-state index contributed by atoms with van der Waals surface area (Å²) in [7, 11) is 0. The standard InChI is InChI=1S/C12H18N2O2/c1-4-16-11-7-8(2)5-6-10(11)14-12(15)9(3)13/h5-7,9H,4,13H2,1-3H3,(H,14,15). The molecule has 0 heterocycles. The van der Waals surface area contributed by atoms with E-state index in [4.69, 9.17) is 10.5 Å². The predicted octanol–water partition coefficient (Wildman–Crippen LogP) is 1.68. The van der Waals surface area contributed by atoms with Crippen LogP contribution in [0.25, 0.3) is 0 Å². The fraction of sp³-hybridized carbons (Fsp3) is 0.417. The second kappa shape index (κ2) is 5.51. The number of nitrogens with two attached hydrogens (primary N) is 1. The number of rotatable bonds is 4. The Morgan fingerprint density at radius 3 is 2.81 bits per heavy atom. The lowest BCUT2D eigenvalue weighted by Gasteiger charge is -2.13. The molecule has 1 unspecified atom stereocenters. The zero-order valence-electron chi connectivity index (χ0n) is 9.91. The fourth-order valence-electron chi connectivity index (χ4n) is 1.25. The van der Waals surface area contributed by atoms with Gasteiger partial charge in [0.25, 0.3) is 0 Å². The summed E-state index contributed by atoms with van der Waals surface area (Å²) in [4.78, 5) is 11.5. The van der Waals surface area contributed by atoms with Gasteiger partial charge < -0.3 is 15.8 Å². The molecule has 0 aliphatic heterocycles. The maximum atomic E-state index is 11.5. The summed E-state index contributed by atoms with van der Waals surface area (Å²) in [6, 6.07) is 5.09. The molecule has 0 fully saturated rings. The van der Waals surface area contributed by atoms with Gasteiger partial charge in [-0.25, -0.2) is 0 Å². The summed E-state index contributed by atoms with van der Waals surface area (Å²) >= 11 is 0. The van der Waals surface area contributed by atoms with E-state index in [2.05, 4.69) is 5.32 Å². The van der Waals surface area contributed by atoms with Gasteiger partial charge >= 0.3 is 0 Å². The molecule has 0 saturated carbocycles. The third-order valence-electron chi connectivity index (χ3n) is 2.11. The fourth-order valence-corrected chi connectivity index (χ4v) is 1.25. The van der Waals surface area contributed by atoms with Crippen LogP contribution in [0.15, 0.2) is 18.2 Å². The molecule has 0 aliphatic rings. The van der Waals surface area contributed by atoms with Gasteiger partial charge in [-0.2, -0.15) is 0 Å². The summed E-state index contributed by atoms with van der Waals surface area (Å²) < 4.78 is 5.44. The van der Waals surface area contributed by atoms with Crippen molar-refractivity contribution in [2.75, 3.05) is 11.9 Å². The summed E-state index contributed by atoms with van der Waals surface area (Å²) in [6.07, 6.45) is 0. The molecule has 1 amide bonds. The van der Waals surface area contributed by atoms with Crippen LogP contribution >= 0.6 is 0 Å². The Kier molecular flexibility index (Phi) is 4.31. The first-order valence-electron chi connectivity index (χ1n) is 5.34. The van der Waals surface area contributed by atoms with Crippen molar-refractivity contribution in [1.29, 1.82) is 0 Å². The zero-order chi connectivity index (χ0) is 12.1. The van der Waals surface area contributed by atoms with E-state index in [-0.39, 0.29) is 5.91 Å². The SMILES string of the molecule is CCOc1cc(C)ccc1NC(=O)C(C)N. The number of anilines is 1. The first-order valence-corrected chi connectivity index (χ1v) is 5.34. The highest BCUT2D eigenvalue weighted by atomic mass is 16.5. The van der Waals surface area contributed by atoms with E-state index in [1.165, 1.54) is 0 Å². The van der Waals surface area contributed by atoms with Gasteiger partial charge in [0, 0.05) is 0 Å². The normalized spacial score (nSPS) is 12.0. The van der Waals surface area contributed by atoms with Gasteiger partial charge in [-0.3, -0.25) is 4.79 Å². The molecular formula is C12H18N2O2. The summed E-state index contributed by atoms with van der Waals surface area (Å²) in [5.41, 5.74) is 7.23. The third-order valence-corrected chi connectivity index (χ3v) is 2.11. The lowest BCUT2D eigenvalue weighted by Crippen LogP contribution is -2.32.